The topological polar surface area (TPSA) is 47.3 Å². The van der Waals surface area contributed by atoms with Crippen LogP contribution >= 0.6 is 0 Å². The van der Waals surface area contributed by atoms with Crippen LogP contribution in [0, 0.1) is 28.6 Å². The van der Waals surface area contributed by atoms with Gasteiger partial charge in [0.2, 0.25) is 5.91 Å². The molecule has 1 amide bonds. The van der Waals surface area contributed by atoms with Crippen LogP contribution in [0.15, 0.2) is 35.5 Å². The highest BCUT2D eigenvalue weighted by Gasteiger charge is 2.47. The summed E-state index contributed by atoms with van der Waals surface area (Å²) in [7, 11) is 0. The Morgan fingerprint density at radius 3 is 2.73 bits per heavy atom. The van der Waals surface area contributed by atoms with Gasteiger partial charge in [0.1, 0.15) is 0 Å². The van der Waals surface area contributed by atoms with Crippen LogP contribution in [0.2, 0.25) is 0 Å². The smallest absolute Gasteiger partial charge is 0.246 e. The Morgan fingerprint density at radius 2 is 2.00 bits per heavy atom. The molecule has 0 spiro atoms. The lowest BCUT2D eigenvalue weighted by Crippen LogP contribution is -2.49. The Bertz CT molecular complexity index is 733. The summed E-state index contributed by atoms with van der Waals surface area (Å²) in [6, 6.07) is 3.04. The first-order valence-electron chi connectivity index (χ1n) is 9.95. The quantitative estimate of drug-likeness (QED) is 0.767. The molecule has 2 saturated heterocycles. The molecule has 4 atom stereocenters. The summed E-state index contributed by atoms with van der Waals surface area (Å²) in [5.74, 6) is 0.600. The van der Waals surface area contributed by atoms with E-state index >= 15 is 0 Å². The molecule has 138 valence electrons. The summed E-state index contributed by atoms with van der Waals surface area (Å²) in [5, 5.41) is 9.68. The molecule has 4 unspecified atom stereocenters. The number of nitriles is 1. The fraction of sp³-hybridized carbons (Fsp3) is 0.636. The van der Waals surface area contributed by atoms with Crippen LogP contribution in [0.25, 0.3) is 0 Å². The van der Waals surface area contributed by atoms with Gasteiger partial charge in [-0.15, -0.1) is 0 Å². The van der Waals surface area contributed by atoms with Crippen LogP contribution < -0.4 is 0 Å². The third-order valence-corrected chi connectivity index (χ3v) is 6.60. The second kappa shape index (κ2) is 6.39. The first kappa shape index (κ1) is 17.5. The van der Waals surface area contributed by atoms with Crippen LogP contribution in [-0.4, -0.2) is 47.4 Å². The Balaban J connectivity index is 1.65. The number of likely N-dealkylation sites (tertiary alicyclic amines) is 1. The molecule has 0 bridgehead atoms. The molecule has 0 aromatic carbocycles. The number of nitrogens with zero attached hydrogens (tertiary/aromatic N) is 3. The maximum absolute atomic E-state index is 12.5. The molecule has 0 radical (unpaired) electrons. The number of amides is 1. The minimum absolute atomic E-state index is 0.0648. The van der Waals surface area contributed by atoms with Crippen molar-refractivity contribution in [1.82, 2.24) is 9.80 Å². The van der Waals surface area contributed by atoms with E-state index < -0.39 is 0 Å². The molecule has 4 rings (SSSR count). The largest absolute Gasteiger partial charge is 0.331 e. The molecule has 4 nitrogen and oxygen atoms in total. The van der Waals surface area contributed by atoms with E-state index in [1.165, 1.54) is 24.8 Å². The van der Waals surface area contributed by atoms with Crippen LogP contribution in [0.5, 0.6) is 0 Å². The van der Waals surface area contributed by atoms with Crippen LogP contribution in [-0.2, 0) is 4.79 Å². The average Bonchev–Trinajstić information content (AvgIpc) is 2.99. The van der Waals surface area contributed by atoms with Crippen molar-refractivity contribution in [1.29, 1.82) is 5.26 Å². The molecular formula is C22H29N3O. The van der Waals surface area contributed by atoms with Gasteiger partial charge in [-0.25, -0.2) is 0 Å². The van der Waals surface area contributed by atoms with Gasteiger partial charge in [0.25, 0.3) is 0 Å². The lowest BCUT2D eigenvalue weighted by molar-refractivity contribution is -0.127. The van der Waals surface area contributed by atoms with E-state index in [1.807, 2.05) is 17.1 Å². The average molecular weight is 351 g/mol. The highest BCUT2D eigenvalue weighted by Crippen LogP contribution is 2.43. The SMILES string of the molecule is CC(C)(C)C1CCCCN1CC1CN2C(=O)C=CC3C=CC(C#N)=C1C32. The van der Waals surface area contributed by atoms with Crippen LogP contribution in [0.4, 0.5) is 0 Å². The van der Waals surface area contributed by atoms with Gasteiger partial charge in [-0.3, -0.25) is 9.69 Å². The van der Waals surface area contributed by atoms with Crippen molar-refractivity contribution in [3.63, 3.8) is 0 Å². The zero-order valence-electron chi connectivity index (χ0n) is 16.1. The van der Waals surface area contributed by atoms with Gasteiger partial charge in [-0.05, 0) is 42.5 Å². The minimum Gasteiger partial charge on any atom is -0.331 e. The number of rotatable bonds is 2. The number of carbonyl (C=O) groups is 1. The second-order valence-corrected chi connectivity index (χ2v) is 9.28. The van der Waals surface area contributed by atoms with Crippen molar-refractivity contribution >= 4 is 5.91 Å². The van der Waals surface area contributed by atoms with E-state index in [2.05, 4.69) is 37.8 Å². The van der Waals surface area contributed by atoms with Gasteiger partial charge < -0.3 is 4.90 Å². The fourth-order valence-electron chi connectivity index (χ4n) is 5.48. The van der Waals surface area contributed by atoms with Gasteiger partial charge >= 0.3 is 0 Å². The fourth-order valence-corrected chi connectivity index (χ4v) is 5.48. The van der Waals surface area contributed by atoms with E-state index in [0.717, 1.165) is 25.2 Å². The van der Waals surface area contributed by atoms with Crippen molar-refractivity contribution in [3.05, 3.63) is 35.5 Å². The zero-order chi connectivity index (χ0) is 18.5. The summed E-state index contributed by atoms with van der Waals surface area (Å²) >= 11 is 0. The van der Waals surface area contributed by atoms with Gasteiger partial charge in [-0.1, -0.05) is 39.3 Å². The van der Waals surface area contributed by atoms with Gasteiger partial charge in [0.15, 0.2) is 0 Å². The van der Waals surface area contributed by atoms with Crippen molar-refractivity contribution in [2.24, 2.45) is 17.3 Å². The van der Waals surface area contributed by atoms with E-state index in [1.54, 1.807) is 6.08 Å². The Labute approximate surface area is 156 Å². The van der Waals surface area contributed by atoms with E-state index in [0.29, 0.717) is 6.04 Å². The summed E-state index contributed by atoms with van der Waals surface area (Å²) in [6.45, 7) is 9.84. The molecule has 3 aliphatic heterocycles. The van der Waals surface area contributed by atoms with Crippen molar-refractivity contribution in [2.75, 3.05) is 19.6 Å². The molecule has 2 fully saturated rings. The van der Waals surface area contributed by atoms with Crippen LogP contribution in [0.1, 0.15) is 40.0 Å². The predicted molar refractivity (Wildman–Crippen MR) is 102 cm³/mol. The number of piperidine rings is 1. The number of hydrogen-bond donors (Lipinski definition) is 0. The number of hydrogen-bond acceptors (Lipinski definition) is 3. The molecule has 0 N–H and O–H groups in total. The highest BCUT2D eigenvalue weighted by molar-refractivity contribution is 5.90. The summed E-state index contributed by atoms with van der Waals surface area (Å²) in [5.41, 5.74) is 2.24. The molecule has 0 aromatic rings. The highest BCUT2D eigenvalue weighted by atomic mass is 16.2. The monoisotopic (exact) mass is 351 g/mol. The lowest BCUT2D eigenvalue weighted by Gasteiger charge is -2.44. The zero-order valence-corrected chi connectivity index (χ0v) is 16.1. The van der Waals surface area contributed by atoms with Crippen molar-refractivity contribution in [2.45, 2.75) is 52.1 Å². The third kappa shape index (κ3) is 2.83. The van der Waals surface area contributed by atoms with Gasteiger partial charge in [0, 0.05) is 31.0 Å². The third-order valence-electron chi connectivity index (χ3n) is 6.60. The summed E-state index contributed by atoms with van der Waals surface area (Å²) < 4.78 is 0. The first-order valence-corrected chi connectivity index (χ1v) is 9.95. The maximum Gasteiger partial charge on any atom is 0.246 e. The molecule has 4 aliphatic rings. The minimum atomic E-state index is 0.0648. The van der Waals surface area contributed by atoms with Gasteiger partial charge in [0.05, 0.1) is 17.7 Å². The maximum atomic E-state index is 12.5. The molecule has 0 aromatic heterocycles. The Kier molecular flexibility index (Phi) is 4.31. The van der Waals surface area contributed by atoms with E-state index in [-0.39, 0.29) is 29.2 Å². The molecule has 1 aliphatic carbocycles. The van der Waals surface area contributed by atoms with Crippen molar-refractivity contribution in [3.8, 4) is 6.07 Å². The number of carbonyl (C=O) groups excluding carboxylic acids is 1. The summed E-state index contributed by atoms with van der Waals surface area (Å²) in [4.78, 5) is 17.1. The Morgan fingerprint density at radius 1 is 1.23 bits per heavy atom. The van der Waals surface area contributed by atoms with Crippen molar-refractivity contribution < 1.29 is 4.79 Å². The molecule has 0 saturated carbocycles. The predicted octanol–water partition coefficient (Wildman–Crippen LogP) is 3.29. The molecule has 26 heavy (non-hydrogen) atoms. The first-order chi connectivity index (χ1) is 12.4. The summed E-state index contributed by atoms with van der Waals surface area (Å²) in [6.07, 6.45) is 11.6. The van der Waals surface area contributed by atoms with Gasteiger partial charge in [-0.2, -0.15) is 5.26 Å². The van der Waals surface area contributed by atoms with Crippen LogP contribution in [0.3, 0.4) is 0 Å². The molecule has 3 heterocycles. The molecule has 4 heteroatoms. The number of allylic oxidation sites excluding steroid dienone is 2. The van der Waals surface area contributed by atoms with E-state index in [9.17, 15) is 10.1 Å². The second-order valence-electron chi connectivity index (χ2n) is 9.28. The normalized spacial score (nSPS) is 34.2. The van der Waals surface area contributed by atoms with E-state index in [4.69, 9.17) is 0 Å². The standard InChI is InChI=1S/C22H29N3O/c1-22(2,3)18-6-4-5-11-24(18)13-17-14-25-19(26)10-9-15-7-8-16(12-23)20(17)21(15)25/h7-10,15,17-18,21H,4-6,11,13-14H2,1-3H3. The molecular weight excluding hydrogens is 322 g/mol. The lowest BCUT2D eigenvalue weighted by atomic mass is 9.78. The Hall–Kier alpha value is -1.86.